The molecule has 1 N–H and O–H groups in total. The maximum atomic E-state index is 13.5. The van der Waals surface area contributed by atoms with Crippen molar-refractivity contribution in [3.8, 4) is 11.3 Å². The summed E-state index contributed by atoms with van der Waals surface area (Å²) >= 11 is 0. The molecule has 2 fully saturated rings. The third kappa shape index (κ3) is 4.00. The number of nitrogens with one attached hydrogen (secondary N) is 1. The van der Waals surface area contributed by atoms with Crippen LogP contribution in [0, 0.1) is 11.6 Å². The summed E-state index contributed by atoms with van der Waals surface area (Å²) in [6, 6.07) is 7.01. The van der Waals surface area contributed by atoms with E-state index in [-0.39, 0.29) is 11.6 Å². The van der Waals surface area contributed by atoms with Crippen molar-refractivity contribution in [2.45, 2.75) is 44.1 Å². The molecule has 4 heterocycles. The number of H-pyrrole nitrogens is 1. The molecule has 2 aliphatic rings. The Hall–Kier alpha value is -3.46. The lowest BCUT2D eigenvalue weighted by Gasteiger charge is -2.22. The van der Waals surface area contributed by atoms with Gasteiger partial charge >= 0.3 is 0 Å². The Balaban J connectivity index is 1.33. The van der Waals surface area contributed by atoms with Crippen LogP contribution < -0.4 is 5.56 Å². The highest BCUT2D eigenvalue weighted by Crippen LogP contribution is 2.42. The van der Waals surface area contributed by atoms with Gasteiger partial charge in [0.2, 0.25) is 0 Å². The lowest BCUT2D eigenvalue weighted by molar-refractivity contribution is 0.0672. The van der Waals surface area contributed by atoms with E-state index in [1.807, 2.05) is 10.7 Å². The van der Waals surface area contributed by atoms with Gasteiger partial charge in [0, 0.05) is 43.4 Å². The Bertz CT molecular complexity index is 1400. The normalized spacial score (nSPS) is 16.9. The molecular formula is C25H23F2N5O2. The van der Waals surface area contributed by atoms with E-state index in [0.29, 0.717) is 53.7 Å². The predicted molar refractivity (Wildman–Crippen MR) is 122 cm³/mol. The summed E-state index contributed by atoms with van der Waals surface area (Å²) in [6.45, 7) is 1.35. The standard InChI is InChI=1S/C25H23F2N5O2/c26-17-10-16(11-18(27)12-17)20-4-1-14(13-28-20)9-21-29-24-22(25(33)30-21)23(15-2-3-15)31-32(24)19-5-7-34-8-6-19/h1,4,10-13,15,19H,2-3,5-9H2,(H,29,30,33). The number of nitrogens with zero attached hydrogens (tertiary/aromatic N) is 4. The van der Waals surface area contributed by atoms with Crippen molar-refractivity contribution in [3.63, 3.8) is 0 Å². The number of hydrogen-bond donors (Lipinski definition) is 1. The number of aromatic nitrogens is 5. The third-order valence-electron chi connectivity index (χ3n) is 6.49. The zero-order valence-electron chi connectivity index (χ0n) is 18.4. The van der Waals surface area contributed by atoms with Crippen LogP contribution in [0.15, 0.2) is 41.3 Å². The fraction of sp³-hybridized carbons (Fsp3) is 0.360. The Labute approximate surface area is 193 Å². The molecular weight excluding hydrogens is 440 g/mol. The summed E-state index contributed by atoms with van der Waals surface area (Å²) < 4.78 is 34.5. The number of pyridine rings is 1. The van der Waals surface area contributed by atoms with Crippen LogP contribution in [0.1, 0.15) is 54.7 Å². The Morgan fingerprint density at radius 3 is 2.50 bits per heavy atom. The van der Waals surface area contributed by atoms with Gasteiger partial charge in [-0.25, -0.2) is 18.4 Å². The van der Waals surface area contributed by atoms with Gasteiger partial charge in [0.25, 0.3) is 5.56 Å². The van der Waals surface area contributed by atoms with Crippen LogP contribution in [0.5, 0.6) is 0 Å². The minimum absolute atomic E-state index is 0.165. The van der Waals surface area contributed by atoms with Crippen LogP contribution in [0.3, 0.4) is 0 Å². The van der Waals surface area contributed by atoms with E-state index in [0.717, 1.165) is 43.0 Å². The fourth-order valence-electron chi connectivity index (χ4n) is 4.62. The third-order valence-corrected chi connectivity index (χ3v) is 6.49. The minimum Gasteiger partial charge on any atom is -0.381 e. The van der Waals surface area contributed by atoms with Gasteiger partial charge in [-0.3, -0.25) is 9.78 Å². The van der Waals surface area contributed by atoms with Gasteiger partial charge < -0.3 is 9.72 Å². The molecule has 0 spiro atoms. The first-order valence-electron chi connectivity index (χ1n) is 11.6. The van der Waals surface area contributed by atoms with Crippen molar-refractivity contribution in [1.82, 2.24) is 24.7 Å². The molecule has 174 valence electrons. The van der Waals surface area contributed by atoms with Crippen LogP contribution >= 0.6 is 0 Å². The molecule has 0 unspecified atom stereocenters. The highest BCUT2D eigenvalue weighted by atomic mass is 19.1. The lowest BCUT2D eigenvalue weighted by atomic mass is 10.1. The van der Waals surface area contributed by atoms with Gasteiger partial charge in [-0.15, -0.1) is 0 Å². The fourth-order valence-corrected chi connectivity index (χ4v) is 4.62. The zero-order chi connectivity index (χ0) is 23.2. The predicted octanol–water partition coefficient (Wildman–Crippen LogP) is 4.28. The van der Waals surface area contributed by atoms with Crippen molar-refractivity contribution in [2.75, 3.05) is 13.2 Å². The molecule has 1 aliphatic carbocycles. The quantitative estimate of drug-likeness (QED) is 0.478. The molecule has 1 aromatic carbocycles. The largest absolute Gasteiger partial charge is 0.381 e. The average molecular weight is 463 g/mol. The number of halogens is 2. The second-order valence-electron chi connectivity index (χ2n) is 9.05. The Morgan fingerprint density at radius 2 is 1.82 bits per heavy atom. The van der Waals surface area contributed by atoms with E-state index in [1.54, 1.807) is 12.3 Å². The topological polar surface area (TPSA) is 85.7 Å². The van der Waals surface area contributed by atoms with Crippen molar-refractivity contribution in [1.29, 1.82) is 0 Å². The molecule has 1 saturated carbocycles. The van der Waals surface area contributed by atoms with Gasteiger partial charge in [0.15, 0.2) is 5.65 Å². The molecule has 0 radical (unpaired) electrons. The van der Waals surface area contributed by atoms with Crippen molar-refractivity contribution < 1.29 is 13.5 Å². The van der Waals surface area contributed by atoms with Crippen LogP contribution in [-0.2, 0) is 11.2 Å². The summed E-state index contributed by atoms with van der Waals surface area (Å²) in [5.41, 5.74) is 2.97. The number of benzene rings is 1. The van der Waals surface area contributed by atoms with E-state index >= 15 is 0 Å². The summed E-state index contributed by atoms with van der Waals surface area (Å²) in [5, 5.41) is 5.44. The van der Waals surface area contributed by atoms with Crippen LogP contribution in [0.2, 0.25) is 0 Å². The smallest absolute Gasteiger partial charge is 0.262 e. The molecule has 1 saturated heterocycles. The monoisotopic (exact) mass is 463 g/mol. The first kappa shape index (κ1) is 21.1. The van der Waals surface area contributed by atoms with Crippen molar-refractivity contribution in [3.05, 3.63) is 75.6 Å². The lowest BCUT2D eigenvalue weighted by Crippen LogP contribution is -2.21. The first-order valence-corrected chi connectivity index (χ1v) is 11.6. The van der Waals surface area contributed by atoms with E-state index in [9.17, 15) is 13.6 Å². The van der Waals surface area contributed by atoms with Crippen molar-refractivity contribution in [2.24, 2.45) is 0 Å². The highest BCUT2D eigenvalue weighted by Gasteiger charge is 2.33. The molecule has 4 aromatic rings. The summed E-state index contributed by atoms with van der Waals surface area (Å²) in [4.78, 5) is 25.2. The zero-order valence-corrected chi connectivity index (χ0v) is 18.4. The number of aromatic amines is 1. The van der Waals surface area contributed by atoms with E-state index in [2.05, 4.69) is 9.97 Å². The number of fused-ring (bicyclic) bond motifs is 1. The second-order valence-corrected chi connectivity index (χ2v) is 9.05. The Morgan fingerprint density at radius 1 is 1.06 bits per heavy atom. The molecule has 1 aliphatic heterocycles. The van der Waals surface area contributed by atoms with Crippen molar-refractivity contribution >= 4 is 11.0 Å². The van der Waals surface area contributed by atoms with Gasteiger partial charge in [-0.1, -0.05) is 6.07 Å². The average Bonchev–Trinajstić information content (AvgIpc) is 3.60. The van der Waals surface area contributed by atoms with Gasteiger partial charge in [0.1, 0.15) is 22.8 Å². The number of rotatable bonds is 5. The number of hydrogen-bond acceptors (Lipinski definition) is 5. The minimum atomic E-state index is -0.650. The maximum absolute atomic E-state index is 13.5. The molecule has 7 nitrogen and oxygen atoms in total. The first-order chi connectivity index (χ1) is 16.5. The maximum Gasteiger partial charge on any atom is 0.262 e. The summed E-state index contributed by atoms with van der Waals surface area (Å²) in [6.07, 6.45) is 5.79. The molecule has 0 amide bonds. The van der Waals surface area contributed by atoms with Crippen LogP contribution in [0.4, 0.5) is 8.78 Å². The Kier molecular flexibility index (Phi) is 5.21. The van der Waals surface area contributed by atoms with Crippen LogP contribution in [-0.4, -0.2) is 37.9 Å². The molecule has 0 atom stereocenters. The van der Waals surface area contributed by atoms with E-state index < -0.39 is 11.6 Å². The molecule has 6 rings (SSSR count). The van der Waals surface area contributed by atoms with Gasteiger partial charge in [0.05, 0.1) is 17.4 Å². The SMILES string of the molecule is O=c1[nH]c(Cc2ccc(-c3cc(F)cc(F)c3)nc2)nc2c1c(C1CC1)nn2C1CCOCC1. The summed E-state index contributed by atoms with van der Waals surface area (Å²) in [7, 11) is 0. The van der Waals surface area contributed by atoms with Crippen LogP contribution in [0.25, 0.3) is 22.3 Å². The molecule has 34 heavy (non-hydrogen) atoms. The highest BCUT2D eigenvalue weighted by molar-refractivity contribution is 5.78. The second kappa shape index (κ2) is 8.39. The number of ether oxygens (including phenoxy) is 1. The van der Waals surface area contributed by atoms with E-state index in [1.165, 1.54) is 12.1 Å². The molecule has 9 heteroatoms. The van der Waals surface area contributed by atoms with Gasteiger partial charge in [-0.05, 0) is 49.4 Å². The van der Waals surface area contributed by atoms with Gasteiger partial charge in [-0.2, -0.15) is 5.10 Å². The summed E-state index contributed by atoms with van der Waals surface area (Å²) in [5.74, 6) is -0.438. The molecule has 3 aromatic heterocycles. The van der Waals surface area contributed by atoms with E-state index in [4.69, 9.17) is 14.8 Å². The molecule has 0 bridgehead atoms.